The number of hydrogen-bond donors (Lipinski definition) is 2. The Morgan fingerprint density at radius 3 is 3.08 bits per heavy atom. The van der Waals surface area contributed by atoms with Crippen molar-refractivity contribution in [2.75, 3.05) is 20.3 Å². The second-order valence-electron chi connectivity index (χ2n) is 2.66. The number of ether oxygens (including phenoxy) is 1. The number of aryl methyl sites for hydroxylation is 1. The largest absolute Gasteiger partial charge is 0.383 e. The van der Waals surface area contributed by atoms with Gasteiger partial charge in [-0.2, -0.15) is 5.10 Å². The van der Waals surface area contributed by atoms with Gasteiger partial charge in [0.2, 0.25) is 0 Å². The maximum absolute atomic E-state index is 11.4. The molecule has 1 amide bonds. The van der Waals surface area contributed by atoms with Crippen molar-refractivity contribution in [1.29, 1.82) is 0 Å². The highest BCUT2D eigenvalue weighted by atomic mass is 16.5. The lowest BCUT2D eigenvalue weighted by Gasteiger charge is -2.02. The predicted molar refractivity (Wildman–Crippen MR) is 47.5 cm³/mol. The lowest BCUT2D eigenvalue weighted by Crippen LogP contribution is -2.27. The van der Waals surface area contributed by atoms with Crippen molar-refractivity contribution in [2.24, 2.45) is 0 Å². The first-order valence-corrected chi connectivity index (χ1v) is 4.03. The standard InChI is InChI=1S/C8H13N3O2/c1-6-7(5-10-11-6)8(12)9-3-4-13-2/h5H,3-4H2,1-2H3,(H,9,12)(H,10,11). The maximum atomic E-state index is 11.4. The lowest BCUT2D eigenvalue weighted by molar-refractivity contribution is 0.0936. The van der Waals surface area contributed by atoms with E-state index in [1.165, 1.54) is 6.20 Å². The topological polar surface area (TPSA) is 67.0 Å². The number of methoxy groups -OCH3 is 1. The summed E-state index contributed by atoms with van der Waals surface area (Å²) < 4.78 is 4.80. The zero-order chi connectivity index (χ0) is 9.68. The summed E-state index contributed by atoms with van der Waals surface area (Å²) >= 11 is 0. The Hall–Kier alpha value is -1.36. The summed E-state index contributed by atoms with van der Waals surface area (Å²) in [6.07, 6.45) is 1.51. The molecule has 13 heavy (non-hydrogen) atoms. The first kappa shape index (κ1) is 9.73. The van der Waals surface area contributed by atoms with Gasteiger partial charge >= 0.3 is 0 Å². The van der Waals surface area contributed by atoms with Gasteiger partial charge in [-0.05, 0) is 6.92 Å². The van der Waals surface area contributed by atoms with Gasteiger partial charge in [0, 0.05) is 19.3 Å². The molecule has 0 radical (unpaired) electrons. The molecule has 0 aliphatic heterocycles. The molecule has 1 rings (SSSR count). The fourth-order valence-electron chi connectivity index (χ4n) is 0.941. The first-order chi connectivity index (χ1) is 6.25. The zero-order valence-corrected chi connectivity index (χ0v) is 7.76. The Balaban J connectivity index is 2.45. The fraction of sp³-hybridized carbons (Fsp3) is 0.500. The Labute approximate surface area is 76.5 Å². The average Bonchev–Trinajstić information content (AvgIpc) is 2.52. The minimum atomic E-state index is -0.122. The average molecular weight is 183 g/mol. The van der Waals surface area contributed by atoms with Gasteiger partial charge in [-0.15, -0.1) is 0 Å². The Morgan fingerprint density at radius 1 is 1.77 bits per heavy atom. The fourth-order valence-corrected chi connectivity index (χ4v) is 0.941. The number of carbonyl (C=O) groups is 1. The molecule has 0 atom stereocenters. The van der Waals surface area contributed by atoms with Crippen LogP contribution >= 0.6 is 0 Å². The van der Waals surface area contributed by atoms with E-state index in [9.17, 15) is 4.79 Å². The van der Waals surface area contributed by atoms with E-state index in [0.717, 1.165) is 5.69 Å². The summed E-state index contributed by atoms with van der Waals surface area (Å²) in [6.45, 7) is 2.83. The van der Waals surface area contributed by atoms with Crippen LogP contribution in [-0.4, -0.2) is 36.4 Å². The third-order valence-corrected chi connectivity index (χ3v) is 1.67. The van der Waals surface area contributed by atoms with Crippen molar-refractivity contribution in [3.8, 4) is 0 Å². The molecule has 0 saturated heterocycles. The van der Waals surface area contributed by atoms with Crippen LogP contribution in [0.3, 0.4) is 0 Å². The number of nitrogens with one attached hydrogen (secondary N) is 2. The molecule has 1 aromatic heterocycles. The van der Waals surface area contributed by atoms with E-state index in [1.54, 1.807) is 14.0 Å². The smallest absolute Gasteiger partial charge is 0.254 e. The molecule has 1 aromatic rings. The third kappa shape index (κ3) is 2.55. The van der Waals surface area contributed by atoms with E-state index in [2.05, 4.69) is 15.5 Å². The molecule has 0 saturated carbocycles. The Bertz CT molecular complexity index is 283. The highest BCUT2D eigenvalue weighted by Crippen LogP contribution is 2.00. The van der Waals surface area contributed by atoms with Gasteiger partial charge in [0.05, 0.1) is 18.4 Å². The van der Waals surface area contributed by atoms with Crippen LogP contribution in [0.25, 0.3) is 0 Å². The van der Waals surface area contributed by atoms with Gasteiger partial charge in [0.1, 0.15) is 0 Å². The molecule has 0 aliphatic rings. The molecule has 0 unspecified atom stereocenters. The number of nitrogens with zero attached hydrogens (tertiary/aromatic N) is 1. The maximum Gasteiger partial charge on any atom is 0.254 e. The van der Waals surface area contributed by atoms with Crippen LogP contribution in [-0.2, 0) is 4.74 Å². The number of hydrogen-bond acceptors (Lipinski definition) is 3. The summed E-state index contributed by atoms with van der Waals surface area (Å²) in [7, 11) is 1.59. The number of rotatable bonds is 4. The lowest BCUT2D eigenvalue weighted by atomic mass is 10.2. The van der Waals surface area contributed by atoms with Gasteiger partial charge in [-0.3, -0.25) is 9.89 Å². The Kier molecular flexibility index (Phi) is 3.45. The number of carbonyl (C=O) groups excluding carboxylic acids is 1. The van der Waals surface area contributed by atoms with Crippen LogP contribution in [0.1, 0.15) is 16.1 Å². The van der Waals surface area contributed by atoms with Crippen molar-refractivity contribution in [1.82, 2.24) is 15.5 Å². The molecule has 72 valence electrons. The molecule has 0 bridgehead atoms. The SMILES string of the molecule is COCCNC(=O)c1cn[nH]c1C. The van der Waals surface area contributed by atoms with Gasteiger partial charge in [-0.1, -0.05) is 0 Å². The van der Waals surface area contributed by atoms with Crippen molar-refractivity contribution in [2.45, 2.75) is 6.92 Å². The second kappa shape index (κ2) is 4.61. The van der Waals surface area contributed by atoms with E-state index >= 15 is 0 Å². The van der Waals surface area contributed by atoms with E-state index < -0.39 is 0 Å². The second-order valence-corrected chi connectivity index (χ2v) is 2.66. The molecule has 0 fully saturated rings. The molecule has 5 nitrogen and oxygen atoms in total. The number of H-pyrrole nitrogens is 1. The van der Waals surface area contributed by atoms with Crippen LogP contribution in [0.2, 0.25) is 0 Å². The summed E-state index contributed by atoms with van der Waals surface area (Å²) in [5.41, 5.74) is 1.35. The minimum absolute atomic E-state index is 0.122. The predicted octanol–water partition coefficient (Wildman–Crippen LogP) is 0.0943. The summed E-state index contributed by atoms with van der Waals surface area (Å²) in [5.74, 6) is -0.122. The molecule has 2 N–H and O–H groups in total. The molecule has 0 aliphatic carbocycles. The van der Waals surface area contributed by atoms with Crippen LogP contribution in [0.15, 0.2) is 6.20 Å². The molecule has 1 heterocycles. The number of amides is 1. The van der Waals surface area contributed by atoms with E-state index in [-0.39, 0.29) is 5.91 Å². The normalized spacial score (nSPS) is 10.0. The highest BCUT2D eigenvalue weighted by Gasteiger charge is 2.08. The quantitative estimate of drug-likeness (QED) is 0.650. The third-order valence-electron chi connectivity index (χ3n) is 1.67. The van der Waals surface area contributed by atoms with Crippen molar-refractivity contribution in [3.63, 3.8) is 0 Å². The molecule has 5 heteroatoms. The summed E-state index contributed by atoms with van der Waals surface area (Å²) in [6, 6.07) is 0. The van der Waals surface area contributed by atoms with Crippen molar-refractivity contribution >= 4 is 5.91 Å². The molecular formula is C8H13N3O2. The number of aromatic amines is 1. The van der Waals surface area contributed by atoms with Crippen molar-refractivity contribution < 1.29 is 9.53 Å². The van der Waals surface area contributed by atoms with Crippen LogP contribution in [0.5, 0.6) is 0 Å². The van der Waals surface area contributed by atoms with Gasteiger partial charge in [0.15, 0.2) is 0 Å². The Morgan fingerprint density at radius 2 is 2.54 bits per heavy atom. The van der Waals surface area contributed by atoms with E-state index in [1.807, 2.05) is 0 Å². The van der Waals surface area contributed by atoms with Crippen molar-refractivity contribution in [3.05, 3.63) is 17.5 Å². The molecule has 0 aromatic carbocycles. The van der Waals surface area contributed by atoms with Gasteiger partial charge < -0.3 is 10.1 Å². The van der Waals surface area contributed by atoms with Gasteiger partial charge in [-0.25, -0.2) is 0 Å². The molecular weight excluding hydrogens is 170 g/mol. The number of aromatic nitrogens is 2. The summed E-state index contributed by atoms with van der Waals surface area (Å²) in [4.78, 5) is 11.4. The minimum Gasteiger partial charge on any atom is -0.383 e. The van der Waals surface area contributed by atoms with Crippen LogP contribution in [0.4, 0.5) is 0 Å². The summed E-state index contributed by atoms with van der Waals surface area (Å²) in [5, 5.41) is 9.15. The van der Waals surface area contributed by atoms with E-state index in [0.29, 0.717) is 18.7 Å². The molecule has 0 spiro atoms. The zero-order valence-electron chi connectivity index (χ0n) is 7.76. The van der Waals surface area contributed by atoms with Gasteiger partial charge in [0.25, 0.3) is 5.91 Å². The first-order valence-electron chi connectivity index (χ1n) is 4.03. The highest BCUT2D eigenvalue weighted by molar-refractivity contribution is 5.94. The van der Waals surface area contributed by atoms with Crippen LogP contribution in [0, 0.1) is 6.92 Å². The monoisotopic (exact) mass is 183 g/mol. The van der Waals surface area contributed by atoms with E-state index in [4.69, 9.17) is 4.74 Å². The van der Waals surface area contributed by atoms with Crippen LogP contribution < -0.4 is 5.32 Å².